The number of rotatable bonds is 8. The Morgan fingerprint density at radius 1 is 1.00 bits per heavy atom. The number of carbonyl (C=O) groups excluding carboxylic acids is 1. The molecule has 3 aromatic rings. The van der Waals surface area contributed by atoms with Crippen molar-refractivity contribution >= 4 is 17.2 Å². The molecule has 152 valence electrons. The highest BCUT2D eigenvalue weighted by Gasteiger charge is 2.13. The minimum Gasteiger partial charge on any atom is -0.492 e. The zero-order valence-electron chi connectivity index (χ0n) is 17.0. The van der Waals surface area contributed by atoms with Gasteiger partial charge in [-0.15, -0.1) is 11.3 Å². The first kappa shape index (κ1) is 20.9. The van der Waals surface area contributed by atoms with Crippen LogP contribution in [0.5, 0.6) is 11.5 Å². The standard InChI is InChI=1S/C23H26N2O3S/c1-23(2,3)18-6-10-20(11-7-18)27-13-12-24-22(26)17-4-8-21(9-5-17)28-14-19-15-29-16-25-19/h4-11,15-16H,12-14H2,1-3H3,(H,24,26). The second kappa shape index (κ2) is 9.56. The van der Waals surface area contributed by atoms with E-state index in [1.807, 2.05) is 17.5 Å². The SMILES string of the molecule is CC(C)(C)c1ccc(OCCNC(=O)c2ccc(OCc3cscn3)cc2)cc1. The number of thiazole rings is 1. The van der Waals surface area contributed by atoms with Gasteiger partial charge < -0.3 is 14.8 Å². The summed E-state index contributed by atoms with van der Waals surface area (Å²) in [7, 11) is 0. The molecule has 0 saturated carbocycles. The topological polar surface area (TPSA) is 60.5 Å². The lowest BCUT2D eigenvalue weighted by molar-refractivity contribution is 0.0947. The van der Waals surface area contributed by atoms with Crippen molar-refractivity contribution in [3.63, 3.8) is 0 Å². The van der Waals surface area contributed by atoms with Gasteiger partial charge in [0.05, 0.1) is 17.7 Å². The van der Waals surface area contributed by atoms with E-state index in [0.717, 1.165) is 11.4 Å². The number of hydrogen-bond donors (Lipinski definition) is 1. The Hall–Kier alpha value is -2.86. The fourth-order valence-corrected chi connectivity index (χ4v) is 3.20. The van der Waals surface area contributed by atoms with E-state index in [0.29, 0.717) is 31.1 Å². The zero-order chi connectivity index (χ0) is 20.7. The predicted octanol–water partition coefficient (Wildman–Crippen LogP) is 4.83. The molecule has 1 amide bonds. The lowest BCUT2D eigenvalue weighted by Crippen LogP contribution is -2.28. The minimum absolute atomic E-state index is 0.119. The maximum absolute atomic E-state index is 12.3. The first-order chi connectivity index (χ1) is 13.9. The highest BCUT2D eigenvalue weighted by atomic mass is 32.1. The molecule has 0 unspecified atom stereocenters. The summed E-state index contributed by atoms with van der Waals surface area (Å²) in [5.41, 5.74) is 4.63. The molecule has 2 aromatic carbocycles. The van der Waals surface area contributed by atoms with Gasteiger partial charge in [-0.25, -0.2) is 4.98 Å². The molecule has 3 rings (SSSR count). The van der Waals surface area contributed by atoms with Crippen LogP contribution in [0.3, 0.4) is 0 Å². The highest BCUT2D eigenvalue weighted by molar-refractivity contribution is 7.07. The van der Waals surface area contributed by atoms with Crippen LogP contribution in [0.2, 0.25) is 0 Å². The summed E-state index contributed by atoms with van der Waals surface area (Å²) in [6, 6.07) is 15.1. The average Bonchev–Trinajstić information content (AvgIpc) is 3.23. The zero-order valence-corrected chi connectivity index (χ0v) is 17.8. The van der Waals surface area contributed by atoms with Crippen molar-refractivity contribution in [3.05, 3.63) is 76.2 Å². The first-order valence-corrected chi connectivity index (χ1v) is 10.5. The van der Waals surface area contributed by atoms with Gasteiger partial charge in [0.2, 0.25) is 0 Å². The number of hydrogen-bond acceptors (Lipinski definition) is 5. The second-order valence-corrected chi connectivity index (χ2v) is 8.39. The number of benzene rings is 2. The number of carbonyl (C=O) groups is 1. The molecule has 0 aliphatic heterocycles. The summed E-state index contributed by atoms with van der Waals surface area (Å²) in [5, 5.41) is 4.81. The van der Waals surface area contributed by atoms with Crippen molar-refractivity contribution in [1.82, 2.24) is 10.3 Å². The number of ether oxygens (including phenoxy) is 2. The molecule has 0 saturated heterocycles. The van der Waals surface area contributed by atoms with Crippen LogP contribution in [-0.2, 0) is 12.0 Å². The Labute approximate surface area is 175 Å². The van der Waals surface area contributed by atoms with E-state index in [2.05, 4.69) is 43.2 Å². The van der Waals surface area contributed by atoms with Crippen LogP contribution in [0, 0.1) is 0 Å². The Kier molecular flexibility index (Phi) is 6.88. The largest absolute Gasteiger partial charge is 0.492 e. The van der Waals surface area contributed by atoms with Crippen LogP contribution in [-0.4, -0.2) is 24.0 Å². The summed E-state index contributed by atoms with van der Waals surface area (Å²) in [6.45, 7) is 7.80. The minimum atomic E-state index is -0.136. The van der Waals surface area contributed by atoms with E-state index in [9.17, 15) is 4.79 Å². The van der Waals surface area contributed by atoms with Crippen molar-refractivity contribution in [3.8, 4) is 11.5 Å². The van der Waals surface area contributed by atoms with Crippen molar-refractivity contribution in [1.29, 1.82) is 0 Å². The molecule has 0 aliphatic rings. The number of amides is 1. The maximum atomic E-state index is 12.3. The van der Waals surface area contributed by atoms with Gasteiger partial charge in [0.25, 0.3) is 5.91 Å². The lowest BCUT2D eigenvalue weighted by atomic mass is 9.87. The van der Waals surface area contributed by atoms with Crippen molar-refractivity contribution < 1.29 is 14.3 Å². The van der Waals surface area contributed by atoms with Crippen LogP contribution in [0.4, 0.5) is 0 Å². The molecule has 1 heterocycles. The van der Waals surface area contributed by atoms with Gasteiger partial charge in [0.15, 0.2) is 0 Å². The number of nitrogens with one attached hydrogen (secondary N) is 1. The molecule has 5 nitrogen and oxygen atoms in total. The van der Waals surface area contributed by atoms with Crippen LogP contribution in [0.15, 0.2) is 59.4 Å². The van der Waals surface area contributed by atoms with Crippen LogP contribution in [0.1, 0.15) is 42.4 Å². The third-order valence-corrected chi connectivity index (χ3v) is 5.00. The number of aromatic nitrogens is 1. The molecule has 6 heteroatoms. The van der Waals surface area contributed by atoms with Gasteiger partial charge in [-0.3, -0.25) is 4.79 Å². The molecule has 0 atom stereocenters. The molecular formula is C23H26N2O3S. The van der Waals surface area contributed by atoms with Crippen molar-refractivity contribution in [2.45, 2.75) is 32.8 Å². The molecule has 29 heavy (non-hydrogen) atoms. The smallest absolute Gasteiger partial charge is 0.251 e. The fraction of sp³-hybridized carbons (Fsp3) is 0.304. The Morgan fingerprint density at radius 2 is 1.66 bits per heavy atom. The van der Waals surface area contributed by atoms with Crippen molar-refractivity contribution in [2.75, 3.05) is 13.2 Å². The molecule has 0 spiro atoms. The van der Waals surface area contributed by atoms with E-state index in [4.69, 9.17) is 9.47 Å². The first-order valence-electron chi connectivity index (χ1n) is 9.53. The molecule has 0 aliphatic carbocycles. The third kappa shape index (κ3) is 6.32. The number of nitrogens with zero attached hydrogens (tertiary/aromatic N) is 1. The van der Waals surface area contributed by atoms with Gasteiger partial charge in [0.1, 0.15) is 24.7 Å². The Balaban J connectivity index is 1.40. The summed E-state index contributed by atoms with van der Waals surface area (Å²) < 4.78 is 11.4. The quantitative estimate of drug-likeness (QED) is 0.541. The Bertz CT molecular complexity index is 899. The average molecular weight is 411 g/mol. The maximum Gasteiger partial charge on any atom is 0.251 e. The van der Waals surface area contributed by atoms with E-state index in [1.54, 1.807) is 29.8 Å². The second-order valence-electron chi connectivity index (χ2n) is 7.67. The molecule has 0 fully saturated rings. The van der Waals surface area contributed by atoms with E-state index < -0.39 is 0 Å². The fourth-order valence-electron chi connectivity index (χ4n) is 2.66. The van der Waals surface area contributed by atoms with Crippen LogP contribution >= 0.6 is 11.3 Å². The van der Waals surface area contributed by atoms with Crippen molar-refractivity contribution in [2.24, 2.45) is 0 Å². The Morgan fingerprint density at radius 3 is 2.28 bits per heavy atom. The molecular weight excluding hydrogens is 384 g/mol. The molecule has 1 N–H and O–H groups in total. The highest BCUT2D eigenvalue weighted by Crippen LogP contribution is 2.24. The van der Waals surface area contributed by atoms with Gasteiger partial charge in [0, 0.05) is 10.9 Å². The summed E-state index contributed by atoms with van der Waals surface area (Å²) in [4.78, 5) is 16.4. The van der Waals surface area contributed by atoms with Gasteiger partial charge in [-0.2, -0.15) is 0 Å². The summed E-state index contributed by atoms with van der Waals surface area (Å²) >= 11 is 1.54. The van der Waals surface area contributed by atoms with E-state index in [1.165, 1.54) is 16.9 Å². The van der Waals surface area contributed by atoms with E-state index in [-0.39, 0.29) is 11.3 Å². The van der Waals surface area contributed by atoms with Gasteiger partial charge in [-0.05, 0) is 47.4 Å². The van der Waals surface area contributed by atoms with Gasteiger partial charge >= 0.3 is 0 Å². The third-order valence-electron chi connectivity index (χ3n) is 4.36. The molecule has 0 radical (unpaired) electrons. The van der Waals surface area contributed by atoms with Crippen LogP contribution in [0.25, 0.3) is 0 Å². The van der Waals surface area contributed by atoms with Crippen LogP contribution < -0.4 is 14.8 Å². The lowest BCUT2D eigenvalue weighted by Gasteiger charge is -2.19. The predicted molar refractivity (Wildman–Crippen MR) is 116 cm³/mol. The summed E-state index contributed by atoms with van der Waals surface area (Å²) in [5.74, 6) is 1.37. The monoisotopic (exact) mass is 410 g/mol. The van der Waals surface area contributed by atoms with E-state index >= 15 is 0 Å². The van der Waals surface area contributed by atoms with Gasteiger partial charge in [-0.1, -0.05) is 32.9 Å². The normalized spacial score (nSPS) is 11.1. The molecule has 1 aromatic heterocycles. The molecule has 0 bridgehead atoms. The summed E-state index contributed by atoms with van der Waals surface area (Å²) in [6.07, 6.45) is 0.